The Hall–Kier alpha value is -1.30. The summed E-state index contributed by atoms with van der Waals surface area (Å²) in [7, 11) is -2.76. The van der Waals surface area contributed by atoms with Crippen molar-refractivity contribution in [3.63, 3.8) is 0 Å². The Balaban J connectivity index is 0.00000144. The van der Waals surface area contributed by atoms with E-state index in [9.17, 15) is 20.4 Å². The second-order valence-corrected chi connectivity index (χ2v) is 10.3. The highest BCUT2D eigenvalue weighted by Crippen LogP contribution is 2.69. The van der Waals surface area contributed by atoms with Crippen LogP contribution >= 0.6 is 0 Å². The lowest BCUT2D eigenvalue weighted by Gasteiger charge is -2.68. The van der Waals surface area contributed by atoms with Gasteiger partial charge >= 0.3 is 0 Å². The highest BCUT2D eigenvalue weighted by atomic mass is 17.3. The minimum absolute atomic E-state index is 0.0971. The van der Waals surface area contributed by atoms with Gasteiger partial charge in [0.15, 0.2) is 5.60 Å². The van der Waals surface area contributed by atoms with Gasteiger partial charge in [-0.1, -0.05) is 26.0 Å². The van der Waals surface area contributed by atoms with Crippen molar-refractivity contribution in [1.29, 1.82) is 0 Å². The third-order valence-electron chi connectivity index (χ3n) is 8.62. The maximum atomic E-state index is 10.4. The number of hydrogen-bond acceptors (Lipinski definition) is 9. The molecule has 2 aliphatic heterocycles. The SMILES string of the molecule is CC.[2H]C([2H])([2H])OC1(c2cccc(O[C@@H]3OC(CO)[C@@H](O)[C@H](O)C3O)c2)OOC12C1CC3CC(C1)CC2C3. The molecule has 9 heteroatoms. The van der Waals surface area contributed by atoms with E-state index in [4.69, 9.17) is 28.1 Å². The molecule has 2 saturated heterocycles. The van der Waals surface area contributed by atoms with Gasteiger partial charge < -0.3 is 34.6 Å². The lowest BCUT2D eigenvalue weighted by atomic mass is 9.47. The summed E-state index contributed by atoms with van der Waals surface area (Å²) in [5, 5.41) is 40.0. The molecule has 9 nitrogen and oxygen atoms in total. The lowest BCUT2D eigenvalue weighted by Crippen LogP contribution is -2.76. The maximum absolute atomic E-state index is 10.4. The molecule has 0 radical (unpaired) electrons. The molecule has 1 aromatic rings. The second kappa shape index (κ2) is 9.54. The number of methoxy groups -OCH3 is 1. The van der Waals surface area contributed by atoms with Crippen LogP contribution in [-0.2, 0) is 25.0 Å². The van der Waals surface area contributed by atoms with Gasteiger partial charge in [0.2, 0.25) is 6.29 Å². The van der Waals surface area contributed by atoms with E-state index in [1.54, 1.807) is 24.3 Å². The quantitative estimate of drug-likeness (QED) is 0.451. The number of aliphatic hydroxyl groups excluding tert-OH is 4. The van der Waals surface area contributed by atoms with Crippen molar-refractivity contribution in [3.8, 4) is 5.75 Å². The Morgan fingerprint density at radius 1 is 0.971 bits per heavy atom. The molecule has 4 bridgehead atoms. The molecule has 4 aliphatic carbocycles. The smallest absolute Gasteiger partial charge is 0.260 e. The monoisotopic (exact) mass is 497 g/mol. The van der Waals surface area contributed by atoms with Gasteiger partial charge in [-0.3, -0.25) is 0 Å². The minimum atomic E-state index is -2.76. The van der Waals surface area contributed by atoms with Crippen LogP contribution in [-0.4, -0.2) is 70.4 Å². The molecule has 6 aliphatic rings. The van der Waals surface area contributed by atoms with Crippen LogP contribution in [0.15, 0.2) is 24.3 Å². The van der Waals surface area contributed by atoms with E-state index in [0.29, 0.717) is 17.4 Å². The summed E-state index contributed by atoms with van der Waals surface area (Å²) in [6.07, 6.45) is -2.25. The first-order valence-electron chi connectivity index (χ1n) is 14.2. The standard InChI is InChI=1S/C24H32O9.C2H6/c1-29-24(23(32-33-24)15-6-12-5-13(8-15)9-16(23)7-12)14-3-2-4-17(10-14)30-22-21(28)20(27)19(26)18(11-25)31-22;1-2/h2-4,10,12-13,15-16,18-22,25-28H,5-9,11H2,1H3;1-2H3/t12?,13?,15?,16?,18?,19-,20+,21?,22-,23?,24?;/m1./s1/i1D3;. The van der Waals surface area contributed by atoms with Gasteiger partial charge in [-0.15, -0.1) is 0 Å². The molecule has 1 spiro atoms. The summed E-state index contributed by atoms with van der Waals surface area (Å²) in [5.41, 5.74) is -0.532. The zero-order valence-electron chi connectivity index (χ0n) is 23.1. The van der Waals surface area contributed by atoms with Crippen LogP contribution < -0.4 is 4.74 Å². The van der Waals surface area contributed by atoms with Crippen molar-refractivity contribution in [2.45, 2.75) is 88.0 Å². The fourth-order valence-corrected chi connectivity index (χ4v) is 7.27. The van der Waals surface area contributed by atoms with Gasteiger partial charge in [0.25, 0.3) is 5.79 Å². The minimum Gasteiger partial charge on any atom is -0.462 e. The van der Waals surface area contributed by atoms with E-state index in [0.717, 1.165) is 25.7 Å². The zero-order chi connectivity index (χ0) is 27.5. The first-order valence-corrected chi connectivity index (χ1v) is 12.7. The van der Waals surface area contributed by atoms with Crippen LogP contribution in [0.3, 0.4) is 0 Å². The van der Waals surface area contributed by atoms with Gasteiger partial charge in [-0.2, -0.15) is 4.89 Å². The number of hydrogen-bond donors (Lipinski definition) is 4. The highest BCUT2D eigenvalue weighted by Gasteiger charge is 2.76. The van der Waals surface area contributed by atoms with E-state index in [1.165, 1.54) is 6.42 Å². The summed E-state index contributed by atoms with van der Waals surface area (Å²) in [6.45, 7) is 3.42. The second-order valence-electron chi connectivity index (χ2n) is 10.3. The van der Waals surface area contributed by atoms with Crippen LogP contribution in [0, 0.1) is 23.7 Å². The molecule has 3 unspecified atom stereocenters. The topological polar surface area (TPSA) is 127 Å². The van der Waals surface area contributed by atoms with Gasteiger partial charge in [0.05, 0.1) is 10.7 Å². The third-order valence-corrected chi connectivity index (χ3v) is 8.62. The number of benzene rings is 1. The number of rotatable bonds is 5. The van der Waals surface area contributed by atoms with Crippen LogP contribution in [0.25, 0.3) is 0 Å². The Bertz CT molecular complexity index is 961. The van der Waals surface area contributed by atoms with Gasteiger partial charge in [0, 0.05) is 12.6 Å². The molecule has 4 N–H and O–H groups in total. The van der Waals surface area contributed by atoms with E-state index < -0.39 is 55.7 Å². The van der Waals surface area contributed by atoms with E-state index in [2.05, 4.69) is 0 Å². The molecule has 0 amide bonds. The van der Waals surface area contributed by atoms with E-state index in [-0.39, 0.29) is 17.6 Å². The molecular formula is C26H38O9. The van der Waals surface area contributed by atoms with Crippen molar-refractivity contribution >= 4 is 0 Å². The van der Waals surface area contributed by atoms with Crippen LogP contribution in [0.4, 0.5) is 0 Å². The summed E-state index contributed by atoms with van der Waals surface area (Å²) in [5.74, 6) is -0.0721. The summed E-state index contributed by atoms with van der Waals surface area (Å²) < 4.78 is 40.8. The molecule has 2 heterocycles. The Kier molecular flexibility index (Phi) is 5.93. The highest BCUT2D eigenvalue weighted by molar-refractivity contribution is 5.36. The largest absolute Gasteiger partial charge is 0.462 e. The molecule has 0 aromatic heterocycles. The molecule has 6 fully saturated rings. The van der Waals surface area contributed by atoms with E-state index >= 15 is 0 Å². The molecule has 196 valence electrons. The number of ether oxygens (including phenoxy) is 3. The van der Waals surface area contributed by atoms with Crippen molar-refractivity contribution < 1.29 is 48.5 Å². The van der Waals surface area contributed by atoms with Crippen molar-refractivity contribution in [3.05, 3.63) is 29.8 Å². The van der Waals surface area contributed by atoms with Crippen molar-refractivity contribution in [1.82, 2.24) is 0 Å². The summed E-state index contributed by atoms with van der Waals surface area (Å²) in [4.78, 5) is 11.6. The van der Waals surface area contributed by atoms with Crippen LogP contribution in [0.1, 0.15) is 55.6 Å². The Morgan fingerprint density at radius 2 is 1.66 bits per heavy atom. The molecule has 7 rings (SSSR count). The molecule has 6 atom stereocenters. The van der Waals surface area contributed by atoms with Crippen LogP contribution in [0.5, 0.6) is 5.75 Å². The average Bonchev–Trinajstić information content (AvgIpc) is 2.87. The van der Waals surface area contributed by atoms with Gasteiger partial charge in [0.1, 0.15) is 30.2 Å². The third kappa shape index (κ3) is 3.67. The summed E-state index contributed by atoms with van der Waals surface area (Å²) in [6, 6.07) is 6.48. The van der Waals surface area contributed by atoms with Gasteiger partial charge in [-0.25, -0.2) is 4.89 Å². The molecule has 4 saturated carbocycles. The normalized spacial score (nSPS) is 49.3. The fraction of sp³-hybridized carbons (Fsp3) is 0.769. The molecule has 1 aromatic carbocycles. The fourth-order valence-electron chi connectivity index (χ4n) is 7.27. The lowest BCUT2D eigenvalue weighted by molar-refractivity contribution is -0.645. The predicted octanol–water partition coefficient (Wildman–Crippen LogP) is 1.85. The number of aliphatic hydroxyl groups is 4. The summed E-state index contributed by atoms with van der Waals surface area (Å²) >= 11 is 0. The van der Waals surface area contributed by atoms with Crippen molar-refractivity contribution in [2.75, 3.05) is 13.6 Å². The molecule has 35 heavy (non-hydrogen) atoms. The Labute approximate surface area is 210 Å². The van der Waals surface area contributed by atoms with Crippen LogP contribution in [0.2, 0.25) is 0 Å². The first-order chi connectivity index (χ1) is 18.1. The zero-order valence-corrected chi connectivity index (χ0v) is 20.1. The van der Waals surface area contributed by atoms with Crippen molar-refractivity contribution in [2.24, 2.45) is 23.7 Å². The first kappa shape index (κ1) is 21.8. The molecular weight excluding hydrogens is 456 g/mol. The maximum Gasteiger partial charge on any atom is 0.260 e. The van der Waals surface area contributed by atoms with E-state index in [1.807, 2.05) is 13.8 Å². The predicted molar refractivity (Wildman–Crippen MR) is 123 cm³/mol. The average molecular weight is 498 g/mol. The van der Waals surface area contributed by atoms with Gasteiger partial charge in [-0.05, 0) is 67.9 Å². The Morgan fingerprint density at radius 3 is 2.23 bits per heavy atom.